The van der Waals surface area contributed by atoms with Crippen LogP contribution in [-0.4, -0.2) is 5.91 Å². The Morgan fingerprint density at radius 3 is 2.25 bits per heavy atom. The number of anilines is 1. The number of rotatable bonds is 2. The van der Waals surface area contributed by atoms with Crippen molar-refractivity contribution in [2.45, 2.75) is 6.18 Å². The summed E-state index contributed by atoms with van der Waals surface area (Å²) in [5.74, 6) is -1.71. The summed E-state index contributed by atoms with van der Waals surface area (Å²) in [5, 5.41) is 2.13. The minimum absolute atomic E-state index is 0.213. The highest BCUT2D eigenvalue weighted by Gasteiger charge is 2.34. The van der Waals surface area contributed by atoms with Crippen LogP contribution in [0.1, 0.15) is 15.9 Å². The summed E-state index contributed by atoms with van der Waals surface area (Å²) in [7, 11) is 0. The Kier molecular flexibility index (Phi) is 3.74. The van der Waals surface area contributed by atoms with Gasteiger partial charge in [0.2, 0.25) is 0 Å². The molecule has 0 aromatic heterocycles. The van der Waals surface area contributed by atoms with Gasteiger partial charge in [-0.25, -0.2) is 4.39 Å². The lowest BCUT2D eigenvalue weighted by Gasteiger charge is -2.13. The molecule has 2 rings (SSSR count). The SMILES string of the molecule is O=C(Nc1ccc(F)cc1C(F)(F)F)c1ccccc1. The molecule has 0 radical (unpaired) electrons. The molecular formula is C14H9F4NO. The summed E-state index contributed by atoms with van der Waals surface area (Å²) in [6.07, 6.45) is -4.75. The second-order valence-electron chi connectivity index (χ2n) is 4.01. The fourth-order valence-electron chi connectivity index (χ4n) is 1.64. The smallest absolute Gasteiger partial charge is 0.321 e. The lowest BCUT2D eigenvalue weighted by Crippen LogP contribution is -2.16. The molecule has 2 aromatic rings. The Labute approximate surface area is 112 Å². The Balaban J connectivity index is 2.33. The van der Waals surface area contributed by atoms with Crippen molar-refractivity contribution < 1.29 is 22.4 Å². The summed E-state index contributed by atoms with van der Waals surface area (Å²) in [6.45, 7) is 0. The molecule has 20 heavy (non-hydrogen) atoms. The van der Waals surface area contributed by atoms with E-state index in [1.165, 1.54) is 12.1 Å². The van der Waals surface area contributed by atoms with E-state index in [2.05, 4.69) is 5.32 Å². The standard InChI is InChI=1S/C14H9F4NO/c15-10-6-7-12(11(8-10)14(16,17)18)19-13(20)9-4-2-1-3-5-9/h1-8H,(H,19,20). The first-order chi connectivity index (χ1) is 9.38. The van der Waals surface area contributed by atoms with Gasteiger partial charge >= 0.3 is 6.18 Å². The van der Waals surface area contributed by atoms with Gasteiger partial charge in [-0.05, 0) is 30.3 Å². The maximum absolute atomic E-state index is 12.9. The molecule has 0 bridgehead atoms. The van der Waals surface area contributed by atoms with E-state index in [9.17, 15) is 22.4 Å². The predicted molar refractivity (Wildman–Crippen MR) is 65.8 cm³/mol. The Bertz CT molecular complexity index is 623. The lowest BCUT2D eigenvalue weighted by atomic mass is 10.1. The summed E-state index contributed by atoms with van der Waals surface area (Å²) >= 11 is 0. The van der Waals surface area contributed by atoms with Crippen LogP contribution in [0.5, 0.6) is 0 Å². The highest BCUT2D eigenvalue weighted by Crippen LogP contribution is 2.35. The maximum atomic E-state index is 12.9. The molecule has 1 amide bonds. The molecular weight excluding hydrogens is 274 g/mol. The van der Waals surface area contributed by atoms with Crippen LogP contribution in [0.3, 0.4) is 0 Å². The summed E-state index contributed by atoms with van der Waals surface area (Å²) < 4.78 is 51.2. The van der Waals surface area contributed by atoms with Crippen molar-refractivity contribution in [3.8, 4) is 0 Å². The van der Waals surface area contributed by atoms with Crippen LogP contribution in [0.15, 0.2) is 48.5 Å². The molecule has 0 saturated carbocycles. The van der Waals surface area contributed by atoms with Crippen LogP contribution in [0.2, 0.25) is 0 Å². The number of alkyl halides is 3. The van der Waals surface area contributed by atoms with Crippen LogP contribution in [0, 0.1) is 5.82 Å². The van der Waals surface area contributed by atoms with E-state index in [1.54, 1.807) is 18.2 Å². The molecule has 0 heterocycles. The van der Waals surface area contributed by atoms with Crippen molar-refractivity contribution in [1.82, 2.24) is 0 Å². The summed E-state index contributed by atoms with van der Waals surface area (Å²) in [5.41, 5.74) is -1.49. The fourth-order valence-corrected chi connectivity index (χ4v) is 1.64. The number of hydrogen-bond donors (Lipinski definition) is 1. The average Bonchev–Trinajstić information content (AvgIpc) is 2.40. The number of amides is 1. The van der Waals surface area contributed by atoms with Crippen molar-refractivity contribution in [3.05, 3.63) is 65.5 Å². The Hall–Kier alpha value is -2.37. The third kappa shape index (κ3) is 3.14. The molecule has 1 N–H and O–H groups in total. The first-order valence-corrected chi connectivity index (χ1v) is 5.61. The van der Waals surface area contributed by atoms with Crippen molar-refractivity contribution in [3.63, 3.8) is 0 Å². The van der Waals surface area contributed by atoms with Crippen molar-refractivity contribution in [1.29, 1.82) is 0 Å². The molecule has 2 aromatic carbocycles. The van der Waals surface area contributed by atoms with E-state index in [0.29, 0.717) is 6.07 Å². The van der Waals surface area contributed by atoms with Crippen LogP contribution in [0.4, 0.5) is 23.2 Å². The van der Waals surface area contributed by atoms with Gasteiger partial charge in [0.05, 0.1) is 11.3 Å². The number of nitrogens with one attached hydrogen (secondary N) is 1. The van der Waals surface area contributed by atoms with E-state index in [0.717, 1.165) is 12.1 Å². The third-order valence-corrected chi connectivity index (χ3v) is 2.57. The zero-order chi connectivity index (χ0) is 14.8. The largest absolute Gasteiger partial charge is 0.418 e. The minimum atomic E-state index is -4.75. The maximum Gasteiger partial charge on any atom is 0.418 e. The van der Waals surface area contributed by atoms with Crippen molar-refractivity contribution in [2.24, 2.45) is 0 Å². The van der Waals surface area contributed by atoms with Gasteiger partial charge in [0, 0.05) is 5.56 Å². The zero-order valence-corrected chi connectivity index (χ0v) is 10.0. The normalized spacial score (nSPS) is 11.2. The van der Waals surface area contributed by atoms with Gasteiger partial charge in [0.25, 0.3) is 5.91 Å². The quantitative estimate of drug-likeness (QED) is 0.826. The molecule has 0 fully saturated rings. The number of benzene rings is 2. The second-order valence-corrected chi connectivity index (χ2v) is 4.01. The van der Waals surface area contributed by atoms with Gasteiger partial charge < -0.3 is 5.32 Å². The molecule has 0 aliphatic carbocycles. The number of carbonyl (C=O) groups is 1. The third-order valence-electron chi connectivity index (χ3n) is 2.57. The highest BCUT2D eigenvalue weighted by atomic mass is 19.4. The van der Waals surface area contributed by atoms with Gasteiger partial charge in [-0.2, -0.15) is 13.2 Å². The molecule has 0 unspecified atom stereocenters. The van der Waals surface area contributed by atoms with Crippen LogP contribution in [-0.2, 0) is 6.18 Å². The number of hydrogen-bond acceptors (Lipinski definition) is 1. The topological polar surface area (TPSA) is 29.1 Å². The molecule has 0 aliphatic rings. The van der Waals surface area contributed by atoms with Crippen LogP contribution in [0.25, 0.3) is 0 Å². The Morgan fingerprint density at radius 1 is 1.00 bits per heavy atom. The van der Waals surface area contributed by atoms with Crippen molar-refractivity contribution in [2.75, 3.05) is 5.32 Å². The average molecular weight is 283 g/mol. The van der Waals surface area contributed by atoms with Crippen LogP contribution >= 0.6 is 0 Å². The molecule has 104 valence electrons. The molecule has 2 nitrogen and oxygen atoms in total. The van der Waals surface area contributed by atoms with Gasteiger partial charge in [-0.15, -0.1) is 0 Å². The summed E-state index contributed by atoms with van der Waals surface area (Å²) in [6, 6.07) is 9.87. The van der Waals surface area contributed by atoms with E-state index in [-0.39, 0.29) is 5.56 Å². The zero-order valence-electron chi connectivity index (χ0n) is 10.0. The molecule has 0 spiro atoms. The fraction of sp³-hybridized carbons (Fsp3) is 0.0714. The minimum Gasteiger partial charge on any atom is -0.321 e. The van der Waals surface area contributed by atoms with E-state index in [4.69, 9.17) is 0 Å². The van der Waals surface area contributed by atoms with Gasteiger partial charge in [0.1, 0.15) is 5.82 Å². The van der Waals surface area contributed by atoms with Crippen LogP contribution < -0.4 is 5.32 Å². The van der Waals surface area contributed by atoms with E-state index in [1.807, 2.05) is 0 Å². The number of halogens is 4. The van der Waals surface area contributed by atoms with E-state index >= 15 is 0 Å². The summed E-state index contributed by atoms with van der Waals surface area (Å²) in [4.78, 5) is 11.8. The molecule has 6 heteroatoms. The van der Waals surface area contributed by atoms with Crippen molar-refractivity contribution >= 4 is 11.6 Å². The Morgan fingerprint density at radius 2 is 1.65 bits per heavy atom. The number of carbonyl (C=O) groups excluding carboxylic acids is 1. The van der Waals surface area contributed by atoms with Gasteiger partial charge in [-0.3, -0.25) is 4.79 Å². The van der Waals surface area contributed by atoms with E-state index < -0.39 is 29.2 Å². The molecule has 0 aliphatic heterocycles. The first-order valence-electron chi connectivity index (χ1n) is 5.61. The van der Waals surface area contributed by atoms with Gasteiger partial charge in [-0.1, -0.05) is 18.2 Å². The van der Waals surface area contributed by atoms with Gasteiger partial charge in [0.15, 0.2) is 0 Å². The molecule has 0 atom stereocenters. The lowest BCUT2D eigenvalue weighted by molar-refractivity contribution is -0.137. The monoisotopic (exact) mass is 283 g/mol. The second kappa shape index (κ2) is 5.32. The first kappa shape index (κ1) is 14.0. The molecule has 0 saturated heterocycles. The highest BCUT2D eigenvalue weighted by molar-refractivity contribution is 6.04. The predicted octanol–water partition coefficient (Wildman–Crippen LogP) is 4.10.